The second-order valence-corrected chi connectivity index (χ2v) is 7.92. The van der Waals surface area contributed by atoms with Crippen molar-refractivity contribution in [3.8, 4) is 11.5 Å². The summed E-state index contributed by atoms with van der Waals surface area (Å²) in [6.07, 6.45) is 4.71. The van der Waals surface area contributed by atoms with Crippen LogP contribution in [0.15, 0.2) is 48.5 Å². The highest BCUT2D eigenvalue weighted by atomic mass is 32.1. The molecule has 0 bridgehead atoms. The summed E-state index contributed by atoms with van der Waals surface area (Å²) in [5.74, 6) is 1.77. The Labute approximate surface area is 173 Å². The van der Waals surface area contributed by atoms with Crippen molar-refractivity contribution >= 4 is 23.0 Å². The molecule has 0 radical (unpaired) electrons. The Morgan fingerprint density at radius 1 is 1.00 bits per heavy atom. The lowest BCUT2D eigenvalue weighted by atomic mass is 9.88. The topological polar surface area (TPSA) is 42.5 Å². The molecule has 1 aliphatic rings. The van der Waals surface area contributed by atoms with E-state index >= 15 is 0 Å². The number of hydrogen-bond acceptors (Lipinski definition) is 3. The van der Waals surface area contributed by atoms with Gasteiger partial charge < -0.3 is 20.1 Å². The van der Waals surface area contributed by atoms with Crippen LogP contribution in [0.25, 0.3) is 0 Å². The summed E-state index contributed by atoms with van der Waals surface area (Å²) in [7, 11) is 0. The molecule has 0 saturated heterocycles. The second kappa shape index (κ2) is 9.28. The van der Waals surface area contributed by atoms with Gasteiger partial charge in [-0.05, 0) is 87.8 Å². The second-order valence-electron chi connectivity index (χ2n) is 7.52. The maximum Gasteiger partial charge on any atom is 0.171 e. The maximum atomic E-state index is 5.70. The lowest BCUT2D eigenvalue weighted by Crippen LogP contribution is -2.45. The summed E-state index contributed by atoms with van der Waals surface area (Å²) in [6, 6.07) is 16.3. The molecule has 0 aliphatic heterocycles. The molecule has 0 spiro atoms. The number of nitrogens with one attached hydrogen (secondary N) is 2. The van der Waals surface area contributed by atoms with Gasteiger partial charge in [-0.25, -0.2) is 0 Å². The van der Waals surface area contributed by atoms with Crippen LogP contribution in [0.5, 0.6) is 11.5 Å². The highest BCUT2D eigenvalue weighted by molar-refractivity contribution is 7.80. The van der Waals surface area contributed by atoms with Crippen molar-refractivity contribution in [2.24, 2.45) is 0 Å². The van der Waals surface area contributed by atoms with Gasteiger partial charge in [-0.1, -0.05) is 25.0 Å². The molecule has 2 aromatic rings. The first-order chi connectivity index (χ1) is 13.5. The van der Waals surface area contributed by atoms with Gasteiger partial charge in [0.1, 0.15) is 11.5 Å². The zero-order valence-corrected chi connectivity index (χ0v) is 17.8. The van der Waals surface area contributed by atoms with E-state index in [1.165, 1.54) is 18.4 Å². The number of rotatable bonds is 7. The summed E-state index contributed by atoms with van der Waals surface area (Å²) >= 11 is 5.64. The smallest absolute Gasteiger partial charge is 0.171 e. The Balaban J connectivity index is 1.67. The molecule has 0 unspecified atom stereocenters. The van der Waals surface area contributed by atoms with E-state index in [1.54, 1.807) is 0 Å². The molecule has 5 heteroatoms. The van der Waals surface area contributed by atoms with Gasteiger partial charge in [0.2, 0.25) is 0 Å². The third kappa shape index (κ3) is 5.16. The van der Waals surface area contributed by atoms with Gasteiger partial charge >= 0.3 is 0 Å². The van der Waals surface area contributed by atoms with Crippen LogP contribution in [0, 0.1) is 0 Å². The van der Waals surface area contributed by atoms with E-state index < -0.39 is 0 Å². The number of ether oxygens (including phenoxy) is 2. The zero-order valence-electron chi connectivity index (χ0n) is 17.0. The first-order valence-corrected chi connectivity index (χ1v) is 10.5. The zero-order chi connectivity index (χ0) is 20.0. The van der Waals surface area contributed by atoms with E-state index in [9.17, 15) is 0 Å². The van der Waals surface area contributed by atoms with Crippen molar-refractivity contribution in [3.05, 3.63) is 54.1 Å². The minimum atomic E-state index is -0.116. The van der Waals surface area contributed by atoms with Gasteiger partial charge in [0.25, 0.3) is 0 Å². The van der Waals surface area contributed by atoms with Crippen LogP contribution >= 0.6 is 12.2 Å². The molecule has 0 aromatic heterocycles. The molecule has 4 nitrogen and oxygen atoms in total. The van der Waals surface area contributed by atoms with Crippen LogP contribution in [-0.4, -0.2) is 17.8 Å². The van der Waals surface area contributed by atoms with Gasteiger partial charge in [0.15, 0.2) is 5.11 Å². The van der Waals surface area contributed by atoms with Gasteiger partial charge in [0, 0.05) is 5.69 Å². The average Bonchev–Trinajstić information content (AvgIpc) is 3.13. The lowest BCUT2D eigenvalue weighted by Gasteiger charge is -2.32. The van der Waals surface area contributed by atoms with Gasteiger partial charge in [0.05, 0.1) is 18.2 Å². The fourth-order valence-electron chi connectivity index (χ4n) is 3.77. The Hall–Kier alpha value is -2.27. The third-order valence-corrected chi connectivity index (χ3v) is 5.22. The standard InChI is InChI=1S/C23H30N2O2S/c1-4-26-20-11-7-18(8-12-20)23(15-5-6-16-23)25-22(28)24-19-9-13-21(14-10-19)27-17(2)3/h7-14,17H,4-6,15-16H2,1-3H3,(H2,24,25,28). The SMILES string of the molecule is CCOc1ccc(C2(NC(=S)Nc3ccc(OC(C)C)cc3)CCCC2)cc1. The van der Waals surface area contributed by atoms with Gasteiger partial charge in [-0.3, -0.25) is 0 Å². The first kappa shape index (κ1) is 20.5. The van der Waals surface area contributed by atoms with Crippen molar-refractivity contribution in [1.82, 2.24) is 5.32 Å². The van der Waals surface area contributed by atoms with Crippen molar-refractivity contribution < 1.29 is 9.47 Å². The minimum absolute atomic E-state index is 0.116. The van der Waals surface area contributed by atoms with E-state index in [2.05, 4.69) is 22.8 Å². The number of benzene rings is 2. The molecule has 0 heterocycles. The Bertz CT molecular complexity index is 766. The minimum Gasteiger partial charge on any atom is -0.494 e. The monoisotopic (exact) mass is 398 g/mol. The molecule has 1 saturated carbocycles. The average molecular weight is 399 g/mol. The van der Waals surface area contributed by atoms with Crippen molar-refractivity contribution in [3.63, 3.8) is 0 Å². The molecule has 2 aromatic carbocycles. The molecule has 28 heavy (non-hydrogen) atoms. The number of thiocarbonyl (C=S) groups is 1. The fraction of sp³-hybridized carbons (Fsp3) is 0.435. The Morgan fingerprint density at radius 2 is 1.61 bits per heavy atom. The molecular formula is C23H30N2O2S. The molecule has 1 aliphatic carbocycles. The third-order valence-electron chi connectivity index (χ3n) is 5.01. The quantitative estimate of drug-likeness (QED) is 0.592. The van der Waals surface area contributed by atoms with Crippen LogP contribution in [0.3, 0.4) is 0 Å². The maximum absolute atomic E-state index is 5.70. The predicted octanol–water partition coefficient (Wildman–Crippen LogP) is 5.63. The van der Waals surface area contributed by atoms with Crippen LogP contribution in [-0.2, 0) is 5.54 Å². The molecule has 3 rings (SSSR count). The summed E-state index contributed by atoms with van der Waals surface area (Å²) < 4.78 is 11.3. The molecule has 2 N–H and O–H groups in total. The van der Waals surface area contributed by atoms with Crippen LogP contribution < -0.4 is 20.1 Å². The normalized spacial score (nSPS) is 15.3. The molecule has 1 fully saturated rings. The summed E-state index contributed by atoms with van der Waals surface area (Å²) in [6.45, 7) is 6.72. The van der Waals surface area contributed by atoms with Crippen molar-refractivity contribution in [1.29, 1.82) is 0 Å². The fourth-order valence-corrected chi connectivity index (χ4v) is 4.08. The van der Waals surface area contributed by atoms with Gasteiger partial charge in [-0.15, -0.1) is 0 Å². The molecule has 0 atom stereocenters. The molecular weight excluding hydrogens is 368 g/mol. The van der Waals surface area contributed by atoms with E-state index in [4.69, 9.17) is 21.7 Å². The highest BCUT2D eigenvalue weighted by Crippen LogP contribution is 2.39. The lowest BCUT2D eigenvalue weighted by molar-refractivity contribution is 0.242. The summed E-state index contributed by atoms with van der Waals surface area (Å²) in [5, 5.41) is 7.57. The largest absolute Gasteiger partial charge is 0.494 e. The Kier molecular flexibility index (Phi) is 6.79. The first-order valence-electron chi connectivity index (χ1n) is 10.1. The van der Waals surface area contributed by atoms with E-state index in [0.717, 1.165) is 30.0 Å². The van der Waals surface area contributed by atoms with E-state index in [-0.39, 0.29) is 11.6 Å². The van der Waals surface area contributed by atoms with E-state index in [0.29, 0.717) is 11.7 Å². The van der Waals surface area contributed by atoms with Crippen molar-refractivity contribution in [2.45, 2.75) is 58.1 Å². The van der Waals surface area contributed by atoms with Crippen LogP contribution in [0.2, 0.25) is 0 Å². The molecule has 150 valence electrons. The summed E-state index contributed by atoms with van der Waals surface area (Å²) in [4.78, 5) is 0. The number of hydrogen-bond donors (Lipinski definition) is 2. The van der Waals surface area contributed by atoms with Crippen LogP contribution in [0.1, 0.15) is 52.0 Å². The molecule has 0 amide bonds. The Morgan fingerprint density at radius 3 is 2.18 bits per heavy atom. The van der Waals surface area contributed by atoms with Crippen LogP contribution in [0.4, 0.5) is 5.69 Å². The number of anilines is 1. The van der Waals surface area contributed by atoms with E-state index in [1.807, 2.05) is 57.2 Å². The highest BCUT2D eigenvalue weighted by Gasteiger charge is 2.36. The van der Waals surface area contributed by atoms with Gasteiger partial charge in [-0.2, -0.15) is 0 Å². The summed E-state index contributed by atoms with van der Waals surface area (Å²) in [5.41, 5.74) is 2.10. The predicted molar refractivity (Wildman–Crippen MR) is 119 cm³/mol. The van der Waals surface area contributed by atoms with Crippen molar-refractivity contribution in [2.75, 3.05) is 11.9 Å².